The second kappa shape index (κ2) is 4.50. The van der Waals surface area contributed by atoms with Crippen LogP contribution in [0.3, 0.4) is 0 Å². The number of carbonyl (C=O) groups excluding carboxylic acids is 1. The maximum atomic E-state index is 11.2. The van der Waals surface area contributed by atoms with Crippen molar-refractivity contribution in [3.05, 3.63) is 23.8 Å². The Labute approximate surface area is 100 Å². The summed E-state index contributed by atoms with van der Waals surface area (Å²) in [5.41, 5.74) is 0.804. The van der Waals surface area contributed by atoms with Crippen molar-refractivity contribution >= 4 is 18.0 Å². The molecule has 1 aromatic carbocycles. The van der Waals surface area contributed by atoms with Crippen LogP contribution in [0.1, 0.15) is 25.3 Å². The molecule has 1 aliphatic carbocycles. The molecule has 86 valence electrons. The molecule has 0 amide bonds. The van der Waals surface area contributed by atoms with Gasteiger partial charge in [-0.1, -0.05) is 19.1 Å². The Morgan fingerprint density at radius 3 is 2.75 bits per heavy atom. The van der Waals surface area contributed by atoms with Crippen LogP contribution in [0.5, 0.6) is 5.75 Å². The Bertz CT molecular complexity index is 397. The van der Waals surface area contributed by atoms with Crippen molar-refractivity contribution in [2.24, 2.45) is 0 Å². The van der Waals surface area contributed by atoms with Gasteiger partial charge in [0.1, 0.15) is 12.0 Å². The largest absolute Gasteiger partial charge is 0.495 e. The molecule has 0 saturated heterocycles. The van der Waals surface area contributed by atoms with Crippen molar-refractivity contribution in [3.63, 3.8) is 0 Å². The summed E-state index contributed by atoms with van der Waals surface area (Å²) in [7, 11) is 1.68. The highest BCUT2D eigenvalue weighted by atomic mass is 32.2. The number of thioether (sulfide) groups is 1. The third-order valence-electron chi connectivity index (χ3n) is 3.03. The predicted molar refractivity (Wildman–Crippen MR) is 66.4 cm³/mol. The average molecular weight is 236 g/mol. The van der Waals surface area contributed by atoms with E-state index in [1.165, 1.54) is 0 Å². The molecule has 2 rings (SSSR count). The third kappa shape index (κ3) is 1.84. The van der Waals surface area contributed by atoms with Gasteiger partial charge in [-0.3, -0.25) is 0 Å². The Morgan fingerprint density at radius 1 is 1.50 bits per heavy atom. The summed E-state index contributed by atoms with van der Waals surface area (Å²) in [4.78, 5) is 12.3. The second-order valence-electron chi connectivity index (χ2n) is 4.04. The van der Waals surface area contributed by atoms with E-state index in [1.807, 2.05) is 12.1 Å². The van der Waals surface area contributed by atoms with E-state index in [9.17, 15) is 4.79 Å². The molecule has 1 aromatic rings. The van der Waals surface area contributed by atoms with Gasteiger partial charge in [-0.2, -0.15) is 0 Å². The maximum absolute atomic E-state index is 11.2. The molecule has 16 heavy (non-hydrogen) atoms. The fourth-order valence-corrected chi connectivity index (χ4v) is 2.78. The van der Waals surface area contributed by atoms with Crippen molar-refractivity contribution in [2.75, 3.05) is 12.9 Å². The maximum Gasteiger partial charge on any atom is 0.136 e. The molecule has 0 spiro atoms. The van der Waals surface area contributed by atoms with Gasteiger partial charge >= 0.3 is 0 Å². The minimum absolute atomic E-state index is 0.254. The van der Waals surface area contributed by atoms with E-state index in [0.29, 0.717) is 0 Å². The number of ether oxygens (including phenoxy) is 1. The van der Waals surface area contributed by atoms with E-state index in [-0.39, 0.29) is 5.41 Å². The number of benzene rings is 1. The molecule has 0 aromatic heterocycles. The zero-order chi connectivity index (χ0) is 11.6. The number of hydrogen-bond donors (Lipinski definition) is 0. The molecular formula is C13H16O2S. The minimum atomic E-state index is -0.254. The Balaban J connectivity index is 2.45. The molecule has 1 saturated carbocycles. The standard InChI is InChI=1S/C13H16O2S/c1-3-16-11-6-4-5-10(12(11)15-2)13(9-14)7-8-13/h4-6,9H,3,7-8H2,1-2H3. The number of carbonyl (C=O) groups is 1. The van der Waals surface area contributed by atoms with E-state index in [0.717, 1.165) is 41.1 Å². The van der Waals surface area contributed by atoms with E-state index < -0.39 is 0 Å². The first-order chi connectivity index (χ1) is 7.77. The lowest BCUT2D eigenvalue weighted by Crippen LogP contribution is -2.10. The molecule has 0 aliphatic heterocycles. The highest BCUT2D eigenvalue weighted by Gasteiger charge is 2.46. The van der Waals surface area contributed by atoms with Crippen LogP contribution < -0.4 is 4.74 Å². The van der Waals surface area contributed by atoms with E-state index in [1.54, 1.807) is 18.9 Å². The smallest absolute Gasteiger partial charge is 0.136 e. The summed E-state index contributed by atoms with van der Waals surface area (Å²) in [5.74, 6) is 1.90. The summed E-state index contributed by atoms with van der Waals surface area (Å²) in [6.45, 7) is 2.11. The van der Waals surface area contributed by atoms with E-state index >= 15 is 0 Å². The molecule has 0 heterocycles. The lowest BCUT2D eigenvalue weighted by molar-refractivity contribution is -0.109. The second-order valence-corrected chi connectivity index (χ2v) is 5.35. The summed E-state index contributed by atoms with van der Waals surface area (Å²) >= 11 is 1.75. The van der Waals surface area contributed by atoms with Gasteiger partial charge in [-0.05, 0) is 24.7 Å². The molecule has 1 fully saturated rings. The zero-order valence-corrected chi connectivity index (χ0v) is 10.5. The predicted octanol–water partition coefficient (Wildman–Crippen LogP) is 3.04. The lowest BCUT2D eigenvalue weighted by atomic mass is 9.97. The molecule has 1 aliphatic rings. The van der Waals surface area contributed by atoms with Crippen LogP contribution in [0.4, 0.5) is 0 Å². The third-order valence-corrected chi connectivity index (χ3v) is 3.95. The molecule has 0 atom stereocenters. The van der Waals surface area contributed by atoms with Gasteiger partial charge < -0.3 is 9.53 Å². The molecular weight excluding hydrogens is 220 g/mol. The van der Waals surface area contributed by atoms with Crippen LogP contribution >= 0.6 is 11.8 Å². The van der Waals surface area contributed by atoms with Gasteiger partial charge in [0, 0.05) is 10.5 Å². The fraction of sp³-hybridized carbons (Fsp3) is 0.462. The van der Waals surface area contributed by atoms with Crippen molar-refractivity contribution in [1.82, 2.24) is 0 Å². The van der Waals surface area contributed by atoms with Crippen molar-refractivity contribution in [1.29, 1.82) is 0 Å². The van der Waals surface area contributed by atoms with E-state index in [4.69, 9.17) is 4.74 Å². The normalized spacial score (nSPS) is 16.9. The van der Waals surface area contributed by atoms with Crippen molar-refractivity contribution in [3.8, 4) is 5.75 Å². The van der Waals surface area contributed by atoms with Gasteiger partial charge in [0.05, 0.1) is 12.5 Å². The fourth-order valence-electron chi connectivity index (χ4n) is 1.97. The number of aldehydes is 1. The van der Waals surface area contributed by atoms with Gasteiger partial charge in [0.25, 0.3) is 0 Å². The molecule has 0 unspecified atom stereocenters. The van der Waals surface area contributed by atoms with Crippen LogP contribution in [0, 0.1) is 0 Å². The number of rotatable bonds is 5. The quantitative estimate of drug-likeness (QED) is 0.580. The monoisotopic (exact) mass is 236 g/mol. The van der Waals surface area contributed by atoms with Crippen LogP contribution in [0.2, 0.25) is 0 Å². The molecule has 0 bridgehead atoms. The summed E-state index contributed by atoms with van der Waals surface area (Å²) in [6, 6.07) is 6.08. The van der Waals surface area contributed by atoms with E-state index in [2.05, 4.69) is 13.0 Å². The SMILES string of the molecule is CCSc1cccc(C2(C=O)CC2)c1OC. The highest BCUT2D eigenvalue weighted by Crippen LogP contribution is 2.51. The molecule has 2 nitrogen and oxygen atoms in total. The minimum Gasteiger partial charge on any atom is -0.495 e. The molecule has 0 N–H and O–H groups in total. The Morgan fingerprint density at radius 2 is 2.25 bits per heavy atom. The lowest BCUT2D eigenvalue weighted by Gasteiger charge is -2.16. The summed E-state index contributed by atoms with van der Waals surface area (Å²) < 4.78 is 5.48. The van der Waals surface area contributed by atoms with Gasteiger partial charge in [0.2, 0.25) is 0 Å². The topological polar surface area (TPSA) is 26.3 Å². The summed E-state index contributed by atoms with van der Waals surface area (Å²) in [6.07, 6.45) is 2.98. The first kappa shape index (κ1) is 11.5. The van der Waals surface area contributed by atoms with Crippen LogP contribution in [-0.2, 0) is 10.2 Å². The number of para-hydroxylation sites is 1. The zero-order valence-electron chi connectivity index (χ0n) is 9.66. The first-order valence-corrected chi connectivity index (χ1v) is 6.52. The molecule has 3 heteroatoms. The van der Waals surface area contributed by atoms with Crippen molar-refractivity contribution in [2.45, 2.75) is 30.1 Å². The summed E-state index contributed by atoms with van der Waals surface area (Å²) in [5, 5.41) is 0. The molecule has 0 radical (unpaired) electrons. The number of hydrogen-bond acceptors (Lipinski definition) is 3. The Kier molecular flexibility index (Phi) is 3.24. The van der Waals surface area contributed by atoms with Crippen molar-refractivity contribution < 1.29 is 9.53 Å². The van der Waals surface area contributed by atoms with Crippen LogP contribution in [0.25, 0.3) is 0 Å². The first-order valence-electron chi connectivity index (χ1n) is 5.54. The average Bonchev–Trinajstić information content (AvgIpc) is 3.10. The highest BCUT2D eigenvalue weighted by molar-refractivity contribution is 7.99. The van der Waals surface area contributed by atoms with Crippen LogP contribution in [-0.4, -0.2) is 19.1 Å². The van der Waals surface area contributed by atoms with Gasteiger partial charge in [-0.25, -0.2) is 0 Å². The number of methoxy groups -OCH3 is 1. The van der Waals surface area contributed by atoms with Crippen LogP contribution in [0.15, 0.2) is 23.1 Å². The van der Waals surface area contributed by atoms with Gasteiger partial charge in [0.15, 0.2) is 0 Å². The van der Waals surface area contributed by atoms with Gasteiger partial charge in [-0.15, -0.1) is 11.8 Å². The Hall–Kier alpha value is -0.960.